The Bertz CT molecular complexity index is 321. The van der Waals surface area contributed by atoms with E-state index in [9.17, 15) is 9.90 Å². The molecule has 0 aliphatic heterocycles. The maximum absolute atomic E-state index is 11.3. The van der Waals surface area contributed by atoms with Gasteiger partial charge in [0.05, 0.1) is 0 Å². The molecular formula is C11H13ClO3. The Hall–Kier alpha value is -1.06. The van der Waals surface area contributed by atoms with Gasteiger partial charge in [0.25, 0.3) is 0 Å². The molecule has 0 aromatic heterocycles. The number of hydrogen-bond acceptors (Lipinski definition) is 3. The topological polar surface area (TPSA) is 46.5 Å². The first-order valence-electron chi connectivity index (χ1n) is 4.78. The Kier molecular flexibility index (Phi) is 4.59. The molecule has 0 amide bonds. The highest BCUT2D eigenvalue weighted by molar-refractivity contribution is 6.30. The number of ether oxygens (including phenoxy) is 1. The summed E-state index contributed by atoms with van der Waals surface area (Å²) in [5.74, 6) is -0.237. The molecule has 0 spiro atoms. The fraction of sp³-hybridized carbons (Fsp3) is 0.364. The molecule has 1 rings (SSSR count). The third-order valence-electron chi connectivity index (χ3n) is 1.87. The van der Waals surface area contributed by atoms with Gasteiger partial charge in [0.1, 0.15) is 5.75 Å². The van der Waals surface area contributed by atoms with E-state index in [1.54, 1.807) is 24.3 Å². The number of hydrogen-bond donors (Lipinski definition) is 1. The Morgan fingerprint density at radius 3 is 2.60 bits per heavy atom. The monoisotopic (exact) mass is 228 g/mol. The van der Waals surface area contributed by atoms with Gasteiger partial charge >= 0.3 is 5.97 Å². The molecule has 4 heteroatoms. The molecule has 1 atom stereocenters. The molecular weight excluding hydrogens is 216 g/mol. The summed E-state index contributed by atoms with van der Waals surface area (Å²) in [7, 11) is 0. The summed E-state index contributed by atoms with van der Waals surface area (Å²) in [5.41, 5.74) is 0. The average molecular weight is 229 g/mol. The van der Waals surface area contributed by atoms with E-state index < -0.39 is 12.1 Å². The summed E-state index contributed by atoms with van der Waals surface area (Å²) in [4.78, 5) is 11.3. The van der Waals surface area contributed by atoms with Crippen LogP contribution >= 0.6 is 11.6 Å². The number of aliphatic hydroxyl groups is 1. The van der Waals surface area contributed by atoms with Crippen LogP contribution in [0, 0.1) is 0 Å². The summed E-state index contributed by atoms with van der Waals surface area (Å²) in [6.07, 6.45) is 0.0919. The van der Waals surface area contributed by atoms with Gasteiger partial charge in [-0.3, -0.25) is 0 Å². The minimum Gasteiger partial charge on any atom is -0.425 e. The van der Waals surface area contributed by atoms with Gasteiger partial charge in [0, 0.05) is 5.02 Å². The summed E-state index contributed by atoms with van der Waals surface area (Å²) >= 11 is 5.67. The predicted octanol–water partition coefficient (Wildman–Crippen LogP) is 2.41. The van der Waals surface area contributed by atoms with Crippen molar-refractivity contribution < 1.29 is 14.6 Å². The number of carbonyl (C=O) groups is 1. The first-order valence-corrected chi connectivity index (χ1v) is 5.16. The zero-order chi connectivity index (χ0) is 11.3. The van der Waals surface area contributed by atoms with Gasteiger partial charge < -0.3 is 9.84 Å². The third-order valence-corrected chi connectivity index (χ3v) is 2.12. The third kappa shape index (κ3) is 3.90. The van der Waals surface area contributed by atoms with Crippen molar-refractivity contribution in [2.24, 2.45) is 0 Å². The van der Waals surface area contributed by atoms with E-state index in [-0.39, 0.29) is 0 Å². The number of aliphatic hydroxyl groups excluding tert-OH is 1. The van der Waals surface area contributed by atoms with Crippen molar-refractivity contribution >= 4 is 17.6 Å². The average Bonchev–Trinajstić information content (AvgIpc) is 2.22. The highest BCUT2D eigenvalue weighted by Gasteiger charge is 2.15. The number of carbonyl (C=O) groups excluding carboxylic acids is 1. The smallest absolute Gasteiger partial charge is 0.340 e. The molecule has 1 aromatic carbocycles. The van der Waals surface area contributed by atoms with Crippen LogP contribution in [-0.2, 0) is 4.79 Å². The van der Waals surface area contributed by atoms with E-state index in [0.717, 1.165) is 6.42 Å². The summed E-state index contributed by atoms with van der Waals surface area (Å²) in [6.45, 7) is 1.89. The molecule has 0 saturated heterocycles. The van der Waals surface area contributed by atoms with Crippen LogP contribution < -0.4 is 4.74 Å². The molecule has 0 aliphatic rings. The minimum absolute atomic E-state index is 0.388. The maximum atomic E-state index is 11.3. The first-order chi connectivity index (χ1) is 7.13. The fourth-order valence-electron chi connectivity index (χ4n) is 1.08. The predicted molar refractivity (Wildman–Crippen MR) is 58.0 cm³/mol. The van der Waals surface area contributed by atoms with E-state index in [1.165, 1.54) is 0 Å². The molecule has 82 valence electrons. The maximum Gasteiger partial charge on any atom is 0.340 e. The van der Waals surface area contributed by atoms with E-state index in [4.69, 9.17) is 16.3 Å². The number of halogens is 1. The molecule has 0 aliphatic carbocycles. The summed E-state index contributed by atoms with van der Waals surface area (Å²) < 4.78 is 4.94. The van der Waals surface area contributed by atoms with Crippen molar-refractivity contribution in [2.45, 2.75) is 25.9 Å². The zero-order valence-electron chi connectivity index (χ0n) is 8.44. The molecule has 0 fully saturated rings. The van der Waals surface area contributed by atoms with E-state index in [0.29, 0.717) is 17.2 Å². The minimum atomic E-state index is -1.05. The normalized spacial score (nSPS) is 12.2. The van der Waals surface area contributed by atoms with Gasteiger partial charge in [-0.05, 0) is 30.7 Å². The lowest BCUT2D eigenvalue weighted by molar-refractivity contribution is -0.144. The number of benzene rings is 1. The van der Waals surface area contributed by atoms with Crippen LogP contribution in [0.15, 0.2) is 24.3 Å². The number of rotatable bonds is 4. The Morgan fingerprint density at radius 2 is 2.07 bits per heavy atom. The van der Waals surface area contributed by atoms with Crippen molar-refractivity contribution in [1.82, 2.24) is 0 Å². The molecule has 3 nitrogen and oxygen atoms in total. The SMILES string of the molecule is CCC[C@H](O)C(=O)Oc1ccc(Cl)cc1. The second kappa shape index (κ2) is 5.73. The van der Waals surface area contributed by atoms with Crippen LogP contribution in [-0.4, -0.2) is 17.2 Å². The number of esters is 1. The Morgan fingerprint density at radius 1 is 1.47 bits per heavy atom. The lowest BCUT2D eigenvalue weighted by atomic mass is 10.2. The molecule has 0 heterocycles. The largest absolute Gasteiger partial charge is 0.425 e. The highest BCUT2D eigenvalue weighted by atomic mass is 35.5. The van der Waals surface area contributed by atoms with E-state index in [1.807, 2.05) is 6.92 Å². The highest BCUT2D eigenvalue weighted by Crippen LogP contribution is 2.16. The lowest BCUT2D eigenvalue weighted by Gasteiger charge is -2.08. The second-order valence-corrected chi connectivity index (χ2v) is 3.62. The van der Waals surface area contributed by atoms with E-state index >= 15 is 0 Å². The van der Waals surface area contributed by atoms with Crippen molar-refractivity contribution in [3.63, 3.8) is 0 Å². The van der Waals surface area contributed by atoms with Crippen LogP contribution in [0.2, 0.25) is 5.02 Å². The van der Waals surface area contributed by atoms with Gasteiger partial charge in [-0.2, -0.15) is 0 Å². The van der Waals surface area contributed by atoms with Gasteiger partial charge in [-0.1, -0.05) is 24.9 Å². The van der Waals surface area contributed by atoms with E-state index in [2.05, 4.69) is 0 Å². The standard InChI is InChI=1S/C11H13ClO3/c1-2-3-10(13)11(14)15-9-6-4-8(12)5-7-9/h4-7,10,13H,2-3H2,1H3/t10-/m0/s1. The molecule has 1 N–H and O–H groups in total. The van der Waals surface area contributed by atoms with Gasteiger partial charge in [0.15, 0.2) is 6.10 Å². The van der Waals surface area contributed by atoms with Crippen molar-refractivity contribution in [2.75, 3.05) is 0 Å². The van der Waals surface area contributed by atoms with Crippen LogP contribution in [0.3, 0.4) is 0 Å². The van der Waals surface area contributed by atoms with Gasteiger partial charge in [-0.25, -0.2) is 4.79 Å². The Balaban J connectivity index is 2.54. The van der Waals surface area contributed by atoms with Crippen molar-refractivity contribution in [1.29, 1.82) is 0 Å². The zero-order valence-corrected chi connectivity index (χ0v) is 9.20. The molecule has 0 saturated carbocycles. The fourth-order valence-corrected chi connectivity index (χ4v) is 1.20. The first kappa shape index (κ1) is 12.0. The summed E-state index contributed by atoms with van der Waals surface area (Å²) in [6, 6.07) is 6.41. The molecule has 1 aromatic rings. The molecule has 15 heavy (non-hydrogen) atoms. The molecule has 0 unspecified atom stereocenters. The van der Waals surface area contributed by atoms with Crippen LogP contribution in [0.25, 0.3) is 0 Å². The molecule has 0 bridgehead atoms. The Labute approximate surface area is 93.6 Å². The summed E-state index contributed by atoms with van der Waals surface area (Å²) in [5, 5.41) is 9.91. The van der Waals surface area contributed by atoms with Crippen molar-refractivity contribution in [3.05, 3.63) is 29.3 Å². The molecule has 0 radical (unpaired) electrons. The van der Waals surface area contributed by atoms with Crippen LogP contribution in [0.1, 0.15) is 19.8 Å². The van der Waals surface area contributed by atoms with Crippen molar-refractivity contribution in [3.8, 4) is 5.75 Å². The van der Waals surface area contributed by atoms with Crippen LogP contribution in [0.5, 0.6) is 5.75 Å². The second-order valence-electron chi connectivity index (χ2n) is 3.18. The van der Waals surface area contributed by atoms with Gasteiger partial charge in [0.2, 0.25) is 0 Å². The lowest BCUT2D eigenvalue weighted by Crippen LogP contribution is -2.25. The van der Waals surface area contributed by atoms with Gasteiger partial charge in [-0.15, -0.1) is 0 Å². The van der Waals surface area contributed by atoms with Crippen LogP contribution in [0.4, 0.5) is 0 Å². The quantitative estimate of drug-likeness (QED) is 0.636.